The van der Waals surface area contributed by atoms with Crippen LogP contribution in [0.25, 0.3) is 55.0 Å². The summed E-state index contributed by atoms with van der Waals surface area (Å²) in [7, 11) is 0. The monoisotopic (exact) mass is 722 g/mol. The molecule has 8 aromatic rings. The Balaban J connectivity index is 0.000000167. The van der Waals surface area contributed by atoms with Crippen LogP contribution in [-0.4, -0.2) is 56.9 Å². The fraction of sp³-hybridized carbons (Fsp3) is 0.171. The maximum atomic E-state index is 11.8. The molecule has 272 valence electrons. The lowest BCUT2D eigenvalue weighted by Gasteiger charge is -2.08. The number of aliphatic carboxylic acids is 1. The summed E-state index contributed by atoms with van der Waals surface area (Å²) >= 11 is 0. The van der Waals surface area contributed by atoms with Crippen molar-refractivity contribution < 1.29 is 24.3 Å². The Labute approximate surface area is 309 Å². The molecule has 0 saturated heterocycles. The highest BCUT2D eigenvalue weighted by molar-refractivity contribution is 6.11. The molecule has 0 atom stereocenters. The van der Waals surface area contributed by atoms with Crippen molar-refractivity contribution in [3.63, 3.8) is 0 Å². The third kappa shape index (κ3) is 7.19. The predicted octanol–water partition coefficient (Wildman–Crippen LogP) is 5.93. The molecule has 0 radical (unpaired) electrons. The number of nitrogens with two attached hydrogens (primary N) is 2. The SMILES string of the molecule is CC(=O)c1ccc2c3cc(-n4ccnc4)ccc3n(CCC(N)=O)c2c1.NC(=O)CCn1c2ccc(-n3ccnc3)cc2c2ccc(CCC(=O)O)cc21. The molecule has 0 aliphatic carbocycles. The number of aryl methyl sites for hydroxylation is 3. The lowest BCUT2D eigenvalue weighted by Crippen LogP contribution is -2.13. The highest BCUT2D eigenvalue weighted by Crippen LogP contribution is 2.33. The highest BCUT2D eigenvalue weighted by atomic mass is 16.4. The van der Waals surface area contributed by atoms with Crippen molar-refractivity contribution in [2.24, 2.45) is 11.5 Å². The molecule has 13 heteroatoms. The number of fused-ring (bicyclic) bond motifs is 6. The van der Waals surface area contributed by atoms with Crippen molar-refractivity contribution in [2.75, 3.05) is 0 Å². The Kier molecular flexibility index (Phi) is 9.77. The average molecular weight is 723 g/mol. The van der Waals surface area contributed by atoms with E-state index in [0.29, 0.717) is 25.1 Å². The second-order valence-electron chi connectivity index (χ2n) is 13.1. The van der Waals surface area contributed by atoms with Gasteiger partial charge in [-0.1, -0.05) is 24.3 Å². The summed E-state index contributed by atoms with van der Waals surface area (Å²) in [5, 5.41) is 13.2. The molecular weight excluding hydrogens is 685 g/mol. The molecule has 0 unspecified atom stereocenters. The quantitative estimate of drug-likeness (QED) is 0.130. The van der Waals surface area contributed by atoms with Crippen LogP contribution in [0.4, 0.5) is 0 Å². The number of amides is 2. The number of hydrogen-bond acceptors (Lipinski definition) is 6. The number of carboxylic acid groups (broad SMARTS) is 1. The zero-order valence-electron chi connectivity index (χ0n) is 29.6. The van der Waals surface area contributed by atoms with Crippen LogP contribution in [0.3, 0.4) is 0 Å². The van der Waals surface area contributed by atoms with Gasteiger partial charge in [0.1, 0.15) is 0 Å². The maximum absolute atomic E-state index is 11.8. The van der Waals surface area contributed by atoms with Crippen LogP contribution in [0.1, 0.15) is 42.1 Å². The standard InChI is InChI=1S/C21H20N4O3.C20H18N4O2/c22-20(26)7-9-25-18-5-3-15(24-10-8-23-13-24)12-17(18)16-4-1-14(11-19(16)25)2-6-21(27)28;1-13(25)14-2-4-16-17-11-15(23-9-7-22-12-23)3-5-18(17)24(19(16)10-14)8-6-20(21)26/h1,3-5,8,10-13H,2,6-7,9H2,(H2,22,26)(H,27,28);2-5,7,9-12H,6,8H2,1H3,(H2,21,26). The molecule has 4 aromatic carbocycles. The van der Waals surface area contributed by atoms with Gasteiger partial charge in [0.25, 0.3) is 0 Å². The average Bonchev–Trinajstić information content (AvgIpc) is 3.98. The van der Waals surface area contributed by atoms with Gasteiger partial charge in [0.15, 0.2) is 5.78 Å². The number of rotatable bonds is 12. The molecule has 0 aliphatic rings. The molecule has 13 nitrogen and oxygen atoms in total. The first-order valence-corrected chi connectivity index (χ1v) is 17.4. The summed E-state index contributed by atoms with van der Waals surface area (Å²) in [6.07, 6.45) is 11.8. The van der Waals surface area contributed by atoms with Gasteiger partial charge in [0.05, 0.1) is 12.7 Å². The fourth-order valence-electron chi connectivity index (χ4n) is 6.92. The zero-order valence-corrected chi connectivity index (χ0v) is 29.6. The van der Waals surface area contributed by atoms with Gasteiger partial charge in [0, 0.05) is 118 Å². The molecule has 0 fully saturated rings. The number of carbonyl (C=O) groups excluding carboxylic acids is 3. The predicted molar refractivity (Wildman–Crippen MR) is 207 cm³/mol. The van der Waals surface area contributed by atoms with E-state index in [2.05, 4.69) is 31.2 Å². The number of carboxylic acids is 1. The molecule has 0 bridgehead atoms. The van der Waals surface area contributed by atoms with Gasteiger partial charge in [-0.15, -0.1) is 0 Å². The van der Waals surface area contributed by atoms with Gasteiger partial charge in [-0.2, -0.15) is 0 Å². The third-order valence-corrected chi connectivity index (χ3v) is 9.57. The van der Waals surface area contributed by atoms with Crippen LogP contribution in [0.15, 0.2) is 110 Å². The number of carbonyl (C=O) groups is 4. The smallest absolute Gasteiger partial charge is 0.303 e. The first-order chi connectivity index (χ1) is 26.1. The van der Waals surface area contributed by atoms with Gasteiger partial charge in [-0.3, -0.25) is 19.2 Å². The molecule has 4 heterocycles. The number of nitrogens with zero attached hydrogens (tertiary/aromatic N) is 6. The molecule has 0 spiro atoms. The van der Waals surface area contributed by atoms with E-state index in [-0.39, 0.29) is 36.9 Å². The molecule has 4 aromatic heterocycles. The van der Waals surface area contributed by atoms with Crippen molar-refractivity contribution in [2.45, 2.75) is 45.7 Å². The first kappa shape index (κ1) is 35.4. The van der Waals surface area contributed by atoms with Crippen LogP contribution < -0.4 is 11.5 Å². The molecule has 0 aliphatic heterocycles. The van der Waals surface area contributed by atoms with Crippen molar-refractivity contribution >= 4 is 67.2 Å². The Morgan fingerprint density at radius 2 is 1.13 bits per heavy atom. The Morgan fingerprint density at radius 3 is 1.59 bits per heavy atom. The Hall–Kier alpha value is -7.02. The fourth-order valence-corrected chi connectivity index (χ4v) is 6.92. The van der Waals surface area contributed by atoms with E-state index in [0.717, 1.165) is 60.5 Å². The topological polar surface area (TPSA) is 186 Å². The molecule has 2 amide bonds. The van der Waals surface area contributed by atoms with E-state index in [9.17, 15) is 19.2 Å². The molecule has 5 N–H and O–H groups in total. The molecule has 0 saturated carbocycles. The maximum Gasteiger partial charge on any atom is 0.303 e. The highest BCUT2D eigenvalue weighted by Gasteiger charge is 2.16. The minimum atomic E-state index is -0.820. The van der Waals surface area contributed by atoms with E-state index < -0.39 is 5.97 Å². The largest absolute Gasteiger partial charge is 0.481 e. The van der Waals surface area contributed by atoms with E-state index >= 15 is 0 Å². The summed E-state index contributed by atoms with van der Waals surface area (Å²) in [5.41, 5.74) is 18.2. The van der Waals surface area contributed by atoms with Crippen molar-refractivity contribution in [1.29, 1.82) is 0 Å². The van der Waals surface area contributed by atoms with Crippen molar-refractivity contribution in [3.05, 3.63) is 121 Å². The number of benzene rings is 4. The molecule has 8 rings (SSSR count). The normalized spacial score (nSPS) is 11.3. The minimum Gasteiger partial charge on any atom is -0.481 e. The van der Waals surface area contributed by atoms with Crippen molar-refractivity contribution in [1.82, 2.24) is 28.2 Å². The molecule has 54 heavy (non-hydrogen) atoms. The zero-order chi connectivity index (χ0) is 37.9. The van der Waals surface area contributed by atoms with Gasteiger partial charge >= 0.3 is 5.97 Å². The number of ketones is 1. The van der Waals surface area contributed by atoms with Crippen LogP contribution in [0, 0.1) is 0 Å². The van der Waals surface area contributed by atoms with Crippen LogP contribution in [0.2, 0.25) is 0 Å². The van der Waals surface area contributed by atoms with Crippen LogP contribution in [-0.2, 0) is 33.9 Å². The lowest BCUT2D eigenvalue weighted by atomic mass is 10.1. The Bertz CT molecular complexity index is 2690. The number of aromatic nitrogens is 6. The number of Topliss-reactive ketones (excluding diaryl/α,β-unsaturated/α-hetero) is 1. The summed E-state index contributed by atoms with van der Waals surface area (Å²) < 4.78 is 8.01. The summed E-state index contributed by atoms with van der Waals surface area (Å²) in [6.45, 7) is 2.50. The first-order valence-electron chi connectivity index (χ1n) is 17.4. The van der Waals surface area contributed by atoms with E-state index in [1.807, 2.05) is 82.2 Å². The lowest BCUT2D eigenvalue weighted by molar-refractivity contribution is -0.137. The number of hydrogen-bond donors (Lipinski definition) is 3. The van der Waals surface area contributed by atoms with E-state index in [1.54, 1.807) is 32.0 Å². The number of imidazole rings is 2. The second-order valence-corrected chi connectivity index (χ2v) is 13.1. The van der Waals surface area contributed by atoms with Gasteiger partial charge in [-0.05, 0) is 67.4 Å². The van der Waals surface area contributed by atoms with E-state index in [4.69, 9.17) is 16.6 Å². The third-order valence-electron chi connectivity index (χ3n) is 9.57. The minimum absolute atomic E-state index is 0.0118. The Morgan fingerprint density at radius 1 is 0.611 bits per heavy atom. The van der Waals surface area contributed by atoms with E-state index in [1.165, 1.54) is 0 Å². The second kappa shape index (κ2) is 14.9. The van der Waals surface area contributed by atoms with Gasteiger partial charge in [-0.25, -0.2) is 9.97 Å². The summed E-state index contributed by atoms with van der Waals surface area (Å²) in [5.74, 6) is -1.51. The van der Waals surface area contributed by atoms with Gasteiger partial charge < -0.3 is 34.8 Å². The molecular formula is C41H38N8O5. The van der Waals surface area contributed by atoms with Crippen molar-refractivity contribution in [3.8, 4) is 11.4 Å². The van der Waals surface area contributed by atoms with Crippen LogP contribution in [0.5, 0.6) is 0 Å². The van der Waals surface area contributed by atoms with Crippen LogP contribution >= 0.6 is 0 Å². The summed E-state index contributed by atoms with van der Waals surface area (Å²) in [6, 6.07) is 23.9. The number of primary amides is 2. The van der Waals surface area contributed by atoms with Gasteiger partial charge in [0.2, 0.25) is 11.8 Å². The summed E-state index contributed by atoms with van der Waals surface area (Å²) in [4.78, 5) is 53.5.